The molecule has 0 unspecified atom stereocenters. The van der Waals surface area contributed by atoms with Gasteiger partial charge >= 0.3 is 0 Å². The van der Waals surface area contributed by atoms with Gasteiger partial charge in [-0.15, -0.1) is 0 Å². The fourth-order valence-corrected chi connectivity index (χ4v) is 2.51. The SMILES string of the molecule is COc1cccc(N2CCCN(I)CC2)c1. The monoisotopic (exact) mass is 332 g/mol. The van der Waals surface area contributed by atoms with E-state index in [0.717, 1.165) is 25.4 Å². The van der Waals surface area contributed by atoms with E-state index in [4.69, 9.17) is 4.74 Å². The molecular weight excluding hydrogens is 315 g/mol. The number of rotatable bonds is 2. The van der Waals surface area contributed by atoms with Gasteiger partial charge in [0.15, 0.2) is 0 Å². The minimum atomic E-state index is 0.938. The molecule has 0 N–H and O–H groups in total. The van der Waals surface area contributed by atoms with Crippen LogP contribution < -0.4 is 9.64 Å². The molecule has 0 radical (unpaired) electrons. The minimum absolute atomic E-state index is 0.938. The summed E-state index contributed by atoms with van der Waals surface area (Å²) in [6.45, 7) is 4.53. The molecule has 0 amide bonds. The lowest BCUT2D eigenvalue weighted by molar-refractivity contribution is 0.415. The number of anilines is 1. The van der Waals surface area contributed by atoms with Gasteiger partial charge in [-0.3, -0.25) is 0 Å². The summed E-state index contributed by atoms with van der Waals surface area (Å²) in [7, 11) is 1.72. The summed E-state index contributed by atoms with van der Waals surface area (Å²) in [6, 6.07) is 8.32. The fourth-order valence-electron chi connectivity index (χ4n) is 1.95. The topological polar surface area (TPSA) is 15.7 Å². The molecule has 0 saturated carbocycles. The summed E-state index contributed by atoms with van der Waals surface area (Å²) in [5, 5.41) is 0. The van der Waals surface area contributed by atoms with Crippen molar-refractivity contribution in [3.63, 3.8) is 0 Å². The Balaban J connectivity index is 2.10. The number of hydrogen-bond donors (Lipinski definition) is 0. The molecule has 16 heavy (non-hydrogen) atoms. The highest BCUT2D eigenvalue weighted by Gasteiger charge is 2.13. The van der Waals surface area contributed by atoms with E-state index in [1.165, 1.54) is 18.7 Å². The zero-order valence-corrected chi connectivity index (χ0v) is 11.7. The average Bonchev–Trinajstić information content (AvgIpc) is 2.54. The van der Waals surface area contributed by atoms with Crippen LogP contribution in [0, 0.1) is 0 Å². The average molecular weight is 332 g/mol. The summed E-state index contributed by atoms with van der Waals surface area (Å²) >= 11 is 2.41. The van der Waals surface area contributed by atoms with Gasteiger partial charge in [0.1, 0.15) is 5.75 Å². The third-order valence-electron chi connectivity index (χ3n) is 2.86. The lowest BCUT2D eigenvalue weighted by Crippen LogP contribution is -2.27. The molecule has 1 heterocycles. The van der Waals surface area contributed by atoms with Crippen LogP contribution in [0.1, 0.15) is 6.42 Å². The molecular formula is C12H17IN2O. The van der Waals surface area contributed by atoms with Crippen LogP contribution in [0.5, 0.6) is 5.75 Å². The van der Waals surface area contributed by atoms with Gasteiger partial charge < -0.3 is 9.64 Å². The quantitative estimate of drug-likeness (QED) is 0.612. The smallest absolute Gasteiger partial charge is 0.120 e. The third kappa shape index (κ3) is 3.01. The predicted molar refractivity (Wildman–Crippen MR) is 75.4 cm³/mol. The Bertz CT molecular complexity index is 346. The van der Waals surface area contributed by atoms with Crippen LogP contribution >= 0.6 is 22.9 Å². The van der Waals surface area contributed by atoms with E-state index >= 15 is 0 Å². The number of hydrogen-bond acceptors (Lipinski definition) is 3. The maximum atomic E-state index is 5.26. The van der Waals surface area contributed by atoms with Gasteiger partial charge in [-0.25, -0.2) is 3.11 Å². The Hall–Kier alpha value is -0.490. The number of methoxy groups -OCH3 is 1. The second kappa shape index (κ2) is 5.72. The highest BCUT2D eigenvalue weighted by molar-refractivity contribution is 14.1. The molecule has 88 valence electrons. The maximum Gasteiger partial charge on any atom is 0.120 e. The van der Waals surface area contributed by atoms with Crippen molar-refractivity contribution in [1.82, 2.24) is 3.11 Å². The molecule has 1 aromatic rings. The van der Waals surface area contributed by atoms with Crippen LogP contribution in [-0.2, 0) is 0 Å². The minimum Gasteiger partial charge on any atom is -0.497 e. The van der Waals surface area contributed by atoms with Crippen LogP contribution in [0.3, 0.4) is 0 Å². The summed E-state index contributed by atoms with van der Waals surface area (Å²) in [5.41, 5.74) is 1.27. The van der Waals surface area contributed by atoms with E-state index in [-0.39, 0.29) is 0 Å². The summed E-state index contributed by atoms with van der Waals surface area (Å²) < 4.78 is 7.62. The lowest BCUT2D eigenvalue weighted by Gasteiger charge is -2.22. The highest BCUT2D eigenvalue weighted by Crippen LogP contribution is 2.22. The molecule has 2 rings (SSSR count). The van der Waals surface area contributed by atoms with E-state index in [1.54, 1.807) is 7.11 Å². The van der Waals surface area contributed by atoms with Gasteiger partial charge in [-0.05, 0) is 18.6 Å². The van der Waals surface area contributed by atoms with Crippen molar-refractivity contribution in [1.29, 1.82) is 0 Å². The van der Waals surface area contributed by atoms with Gasteiger partial charge in [0.25, 0.3) is 0 Å². The first-order chi connectivity index (χ1) is 7.79. The predicted octanol–water partition coefficient (Wildman–Crippen LogP) is 2.56. The van der Waals surface area contributed by atoms with Crippen molar-refractivity contribution in [2.24, 2.45) is 0 Å². The van der Waals surface area contributed by atoms with E-state index in [1.807, 2.05) is 6.07 Å². The molecule has 3 nitrogen and oxygen atoms in total. The van der Waals surface area contributed by atoms with Crippen molar-refractivity contribution in [3.8, 4) is 5.75 Å². The van der Waals surface area contributed by atoms with E-state index < -0.39 is 0 Å². The van der Waals surface area contributed by atoms with Gasteiger partial charge in [-0.2, -0.15) is 0 Å². The van der Waals surface area contributed by atoms with Crippen LogP contribution in [0.25, 0.3) is 0 Å². The zero-order valence-electron chi connectivity index (χ0n) is 9.53. The Morgan fingerprint density at radius 3 is 2.88 bits per heavy atom. The van der Waals surface area contributed by atoms with Crippen molar-refractivity contribution in [2.45, 2.75) is 6.42 Å². The van der Waals surface area contributed by atoms with Crippen LogP contribution in [0.2, 0.25) is 0 Å². The summed E-state index contributed by atoms with van der Waals surface area (Å²) in [6.07, 6.45) is 1.22. The molecule has 0 aromatic heterocycles. The first-order valence-electron chi connectivity index (χ1n) is 5.59. The number of nitrogens with zero attached hydrogens (tertiary/aromatic N) is 2. The van der Waals surface area contributed by atoms with Crippen molar-refractivity contribution in [2.75, 3.05) is 38.2 Å². The number of benzene rings is 1. The van der Waals surface area contributed by atoms with Gasteiger partial charge in [0, 0.05) is 60.8 Å². The van der Waals surface area contributed by atoms with E-state index in [0.29, 0.717) is 0 Å². The number of ether oxygens (including phenoxy) is 1. The van der Waals surface area contributed by atoms with Gasteiger partial charge in [-0.1, -0.05) is 6.07 Å². The molecule has 0 aliphatic carbocycles. The molecule has 1 aliphatic heterocycles. The second-order valence-electron chi connectivity index (χ2n) is 3.95. The summed E-state index contributed by atoms with van der Waals surface area (Å²) in [5.74, 6) is 0.938. The lowest BCUT2D eigenvalue weighted by atomic mass is 10.2. The molecule has 0 bridgehead atoms. The molecule has 4 heteroatoms. The largest absolute Gasteiger partial charge is 0.497 e. The summed E-state index contributed by atoms with van der Waals surface area (Å²) in [4.78, 5) is 2.43. The number of halogens is 1. The van der Waals surface area contributed by atoms with Crippen LogP contribution in [0.4, 0.5) is 5.69 Å². The molecule has 1 saturated heterocycles. The molecule has 0 spiro atoms. The maximum absolute atomic E-state index is 5.26. The van der Waals surface area contributed by atoms with Gasteiger partial charge in [0.05, 0.1) is 7.11 Å². The highest BCUT2D eigenvalue weighted by atomic mass is 127. The Kier molecular flexibility index (Phi) is 4.29. The third-order valence-corrected chi connectivity index (χ3v) is 3.82. The van der Waals surface area contributed by atoms with E-state index in [2.05, 4.69) is 49.1 Å². The first kappa shape index (κ1) is 12.0. The Morgan fingerprint density at radius 2 is 2.06 bits per heavy atom. The standard InChI is InChI=1S/C12H17IN2O/c1-16-12-5-2-4-11(10-12)14-6-3-7-15(13)9-8-14/h2,4-5,10H,3,6-9H2,1H3. The van der Waals surface area contributed by atoms with E-state index in [9.17, 15) is 0 Å². The fraction of sp³-hybridized carbons (Fsp3) is 0.500. The van der Waals surface area contributed by atoms with Gasteiger partial charge in [0.2, 0.25) is 0 Å². The second-order valence-corrected chi connectivity index (χ2v) is 5.32. The Labute approximate surface area is 111 Å². The zero-order chi connectivity index (χ0) is 11.4. The molecule has 1 fully saturated rings. The van der Waals surface area contributed by atoms with Crippen molar-refractivity contribution in [3.05, 3.63) is 24.3 Å². The van der Waals surface area contributed by atoms with Crippen molar-refractivity contribution >= 4 is 28.6 Å². The normalized spacial score (nSPS) is 18.2. The molecule has 0 atom stereocenters. The molecule has 1 aliphatic rings. The molecule has 1 aromatic carbocycles. The van der Waals surface area contributed by atoms with Crippen LogP contribution in [-0.4, -0.2) is 36.4 Å². The van der Waals surface area contributed by atoms with Crippen molar-refractivity contribution < 1.29 is 4.74 Å². The van der Waals surface area contributed by atoms with Crippen LogP contribution in [0.15, 0.2) is 24.3 Å². The first-order valence-corrected chi connectivity index (χ1v) is 6.56. The Morgan fingerprint density at radius 1 is 1.19 bits per heavy atom.